The summed E-state index contributed by atoms with van der Waals surface area (Å²) in [4.78, 5) is 11.7. The molecule has 0 aliphatic carbocycles. The Morgan fingerprint density at radius 1 is 1.25 bits per heavy atom. The Labute approximate surface area is 119 Å². The zero-order valence-electron chi connectivity index (χ0n) is 12.3. The molecule has 0 saturated carbocycles. The molecule has 20 heavy (non-hydrogen) atoms. The highest BCUT2D eigenvalue weighted by Gasteiger charge is 2.18. The first kappa shape index (κ1) is 16.1. The SMILES string of the molecule is COc1ccc(CNC(=O)NC(C)(C)CO)cc1OC. The van der Waals surface area contributed by atoms with Gasteiger partial charge in [0.05, 0.1) is 26.4 Å². The lowest BCUT2D eigenvalue weighted by Crippen LogP contribution is -2.50. The first-order valence-corrected chi connectivity index (χ1v) is 6.29. The average molecular weight is 282 g/mol. The van der Waals surface area contributed by atoms with Crippen molar-refractivity contribution < 1.29 is 19.4 Å². The van der Waals surface area contributed by atoms with Crippen LogP contribution < -0.4 is 20.1 Å². The zero-order chi connectivity index (χ0) is 15.2. The first-order valence-electron chi connectivity index (χ1n) is 6.29. The number of hydrogen-bond acceptors (Lipinski definition) is 4. The summed E-state index contributed by atoms with van der Waals surface area (Å²) < 4.78 is 10.3. The van der Waals surface area contributed by atoms with E-state index in [0.717, 1.165) is 5.56 Å². The maximum Gasteiger partial charge on any atom is 0.315 e. The third-order valence-corrected chi connectivity index (χ3v) is 2.75. The van der Waals surface area contributed by atoms with Crippen molar-refractivity contribution in [2.45, 2.75) is 25.9 Å². The van der Waals surface area contributed by atoms with Crippen LogP contribution in [0.4, 0.5) is 4.79 Å². The van der Waals surface area contributed by atoms with Gasteiger partial charge in [0, 0.05) is 6.54 Å². The third kappa shape index (κ3) is 4.62. The Balaban J connectivity index is 2.60. The number of urea groups is 1. The molecule has 0 bridgehead atoms. The van der Waals surface area contributed by atoms with Gasteiger partial charge in [-0.2, -0.15) is 0 Å². The molecule has 0 saturated heterocycles. The van der Waals surface area contributed by atoms with Gasteiger partial charge < -0.3 is 25.2 Å². The van der Waals surface area contributed by atoms with E-state index in [-0.39, 0.29) is 12.6 Å². The maximum atomic E-state index is 11.7. The molecule has 6 heteroatoms. The van der Waals surface area contributed by atoms with E-state index in [9.17, 15) is 4.79 Å². The smallest absolute Gasteiger partial charge is 0.315 e. The summed E-state index contributed by atoms with van der Waals surface area (Å²) in [6.07, 6.45) is 0. The minimum atomic E-state index is -0.651. The van der Waals surface area contributed by atoms with E-state index in [1.165, 1.54) is 0 Å². The van der Waals surface area contributed by atoms with Crippen LogP contribution in [0.1, 0.15) is 19.4 Å². The van der Waals surface area contributed by atoms with Crippen molar-refractivity contribution in [1.82, 2.24) is 10.6 Å². The van der Waals surface area contributed by atoms with Gasteiger partial charge in [0.15, 0.2) is 11.5 Å². The monoisotopic (exact) mass is 282 g/mol. The summed E-state index contributed by atoms with van der Waals surface area (Å²) in [5, 5.41) is 14.5. The molecule has 0 unspecified atom stereocenters. The molecule has 0 fully saturated rings. The highest BCUT2D eigenvalue weighted by Crippen LogP contribution is 2.27. The molecule has 3 N–H and O–H groups in total. The number of methoxy groups -OCH3 is 2. The van der Waals surface area contributed by atoms with Crippen LogP contribution in [0.15, 0.2) is 18.2 Å². The van der Waals surface area contributed by atoms with Gasteiger partial charge in [-0.25, -0.2) is 4.79 Å². The molecule has 0 atom stereocenters. The number of carbonyl (C=O) groups is 1. The Morgan fingerprint density at radius 2 is 1.90 bits per heavy atom. The quantitative estimate of drug-likeness (QED) is 0.734. The molecule has 0 aliphatic rings. The number of rotatable bonds is 6. The normalized spacial score (nSPS) is 10.8. The molecule has 1 aromatic carbocycles. The van der Waals surface area contributed by atoms with Crippen molar-refractivity contribution in [1.29, 1.82) is 0 Å². The van der Waals surface area contributed by atoms with E-state index in [4.69, 9.17) is 14.6 Å². The molecule has 0 radical (unpaired) electrons. The summed E-state index contributed by atoms with van der Waals surface area (Å²) >= 11 is 0. The summed E-state index contributed by atoms with van der Waals surface area (Å²) in [6, 6.07) is 5.10. The number of carbonyl (C=O) groups excluding carboxylic acids is 1. The predicted octanol–water partition coefficient (Wildman–Crippen LogP) is 1.27. The van der Waals surface area contributed by atoms with Crippen molar-refractivity contribution in [3.05, 3.63) is 23.8 Å². The van der Waals surface area contributed by atoms with Crippen molar-refractivity contribution in [3.8, 4) is 11.5 Å². The van der Waals surface area contributed by atoms with Crippen molar-refractivity contribution >= 4 is 6.03 Å². The molecular formula is C14H22N2O4. The van der Waals surface area contributed by atoms with E-state index in [1.54, 1.807) is 40.2 Å². The molecule has 0 spiro atoms. The molecule has 1 aromatic rings. The Kier molecular flexibility index (Phi) is 5.64. The van der Waals surface area contributed by atoms with Crippen molar-refractivity contribution in [3.63, 3.8) is 0 Å². The van der Waals surface area contributed by atoms with Crippen LogP contribution in [-0.4, -0.2) is 37.5 Å². The van der Waals surface area contributed by atoms with Gasteiger partial charge in [0.2, 0.25) is 0 Å². The van der Waals surface area contributed by atoms with Crippen LogP contribution >= 0.6 is 0 Å². The van der Waals surface area contributed by atoms with Crippen LogP contribution in [0.3, 0.4) is 0 Å². The van der Waals surface area contributed by atoms with Gasteiger partial charge in [-0.15, -0.1) is 0 Å². The van der Waals surface area contributed by atoms with Gasteiger partial charge >= 0.3 is 6.03 Å². The molecular weight excluding hydrogens is 260 g/mol. The van der Waals surface area contributed by atoms with Crippen LogP contribution in [0, 0.1) is 0 Å². The Bertz CT molecular complexity index is 460. The van der Waals surface area contributed by atoms with Crippen LogP contribution in [0.5, 0.6) is 11.5 Å². The minimum Gasteiger partial charge on any atom is -0.493 e. The largest absolute Gasteiger partial charge is 0.493 e. The van der Waals surface area contributed by atoms with Gasteiger partial charge in [-0.1, -0.05) is 6.07 Å². The number of aliphatic hydroxyl groups excluding tert-OH is 1. The van der Waals surface area contributed by atoms with Crippen LogP contribution in [-0.2, 0) is 6.54 Å². The van der Waals surface area contributed by atoms with E-state index >= 15 is 0 Å². The summed E-state index contributed by atoms with van der Waals surface area (Å²) in [6.45, 7) is 3.70. The van der Waals surface area contributed by atoms with E-state index in [2.05, 4.69) is 10.6 Å². The Hall–Kier alpha value is -1.95. The lowest BCUT2D eigenvalue weighted by Gasteiger charge is -2.23. The lowest BCUT2D eigenvalue weighted by atomic mass is 10.1. The van der Waals surface area contributed by atoms with Gasteiger partial charge in [-0.05, 0) is 31.5 Å². The average Bonchev–Trinajstić information content (AvgIpc) is 2.44. The fourth-order valence-electron chi connectivity index (χ4n) is 1.56. The minimum absolute atomic E-state index is 0.128. The summed E-state index contributed by atoms with van der Waals surface area (Å²) in [5.74, 6) is 1.25. The first-order chi connectivity index (χ1) is 9.41. The number of amides is 2. The van der Waals surface area contributed by atoms with Crippen LogP contribution in [0.25, 0.3) is 0 Å². The van der Waals surface area contributed by atoms with E-state index in [0.29, 0.717) is 18.0 Å². The highest BCUT2D eigenvalue weighted by atomic mass is 16.5. The zero-order valence-corrected chi connectivity index (χ0v) is 12.3. The van der Waals surface area contributed by atoms with Gasteiger partial charge in [-0.3, -0.25) is 0 Å². The number of aliphatic hydroxyl groups is 1. The molecule has 0 aliphatic heterocycles. The molecule has 0 heterocycles. The Morgan fingerprint density at radius 3 is 2.45 bits per heavy atom. The molecule has 6 nitrogen and oxygen atoms in total. The van der Waals surface area contributed by atoms with Crippen LogP contribution in [0.2, 0.25) is 0 Å². The maximum absolute atomic E-state index is 11.7. The molecule has 1 rings (SSSR count). The molecule has 2 amide bonds. The highest BCUT2D eigenvalue weighted by molar-refractivity contribution is 5.74. The molecule has 112 valence electrons. The van der Waals surface area contributed by atoms with Crippen molar-refractivity contribution in [2.75, 3.05) is 20.8 Å². The summed E-state index contributed by atoms with van der Waals surface area (Å²) in [7, 11) is 3.13. The lowest BCUT2D eigenvalue weighted by molar-refractivity contribution is 0.182. The van der Waals surface area contributed by atoms with Gasteiger partial charge in [0.1, 0.15) is 0 Å². The second-order valence-corrected chi connectivity index (χ2v) is 5.04. The standard InChI is InChI=1S/C14H22N2O4/c1-14(2,9-17)16-13(18)15-8-10-5-6-11(19-3)12(7-10)20-4/h5-7,17H,8-9H2,1-4H3,(H2,15,16,18). The topological polar surface area (TPSA) is 79.8 Å². The molecule has 0 aromatic heterocycles. The predicted molar refractivity (Wildman–Crippen MR) is 76.1 cm³/mol. The second-order valence-electron chi connectivity index (χ2n) is 5.04. The van der Waals surface area contributed by atoms with Crippen molar-refractivity contribution in [2.24, 2.45) is 0 Å². The third-order valence-electron chi connectivity index (χ3n) is 2.75. The van der Waals surface area contributed by atoms with E-state index in [1.807, 2.05) is 6.07 Å². The number of hydrogen-bond donors (Lipinski definition) is 3. The fourth-order valence-corrected chi connectivity index (χ4v) is 1.56. The fraction of sp³-hybridized carbons (Fsp3) is 0.500. The van der Waals surface area contributed by atoms with E-state index < -0.39 is 5.54 Å². The van der Waals surface area contributed by atoms with Gasteiger partial charge in [0.25, 0.3) is 0 Å². The summed E-state index contributed by atoms with van der Waals surface area (Å²) in [5.41, 5.74) is 0.237. The second kappa shape index (κ2) is 7.00. The number of nitrogens with one attached hydrogen (secondary N) is 2. The number of ether oxygens (including phenoxy) is 2. The number of benzene rings is 1.